The van der Waals surface area contributed by atoms with Crippen molar-refractivity contribution < 1.29 is 9.59 Å². The third kappa shape index (κ3) is 4.57. The Morgan fingerprint density at radius 2 is 1.69 bits per heavy atom. The summed E-state index contributed by atoms with van der Waals surface area (Å²) in [6.07, 6.45) is 5.04. The second-order valence-corrected chi connectivity index (χ2v) is 7.94. The molecular formula is C21H31N3O2. The van der Waals surface area contributed by atoms with Gasteiger partial charge in [-0.05, 0) is 43.2 Å². The van der Waals surface area contributed by atoms with Gasteiger partial charge in [0.25, 0.3) is 0 Å². The van der Waals surface area contributed by atoms with E-state index in [1.54, 1.807) is 0 Å². The van der Waals surface area contributed by atoms with Gasteiger partial charge in [0.05, 0.1) is 0 Å². The molecule has 5 heteroatoms. The zero-order chi connectivity index (χ0) is 18.5. The number of anilines is 1. The van der Waals surface area contributed by atoms with E-state index in [9.17, 15) is 9.59 Å². The number of hydrogen-bond acceptors (Lipinski definition) is 2. The molecule has 1 aliphatic heterocycles. The molecule has 3 atom stereocenters. The van der Waals surface area contributed by atoms with Crippen LogP contribution < -0.4 is 10.6 Å². The van der Waals surface area contributed by atoms with Crippen LogP contribution in [0.3, 0.4) is 0 Å². The molecule has 1 saturated carbocycles. The smallest absolute Gasteiger partial charge is 0.321 e. The minimum Gasteiger partial charge on any atom is -0.353 e. The summed E-state index contributed by atoms with van der Waals surface area (Å²) in [6, 6.07) is 9.72. The van der Waals surface area contributed by atoms with Crippen LogP contribution in [-0.2, 0) is 4.79 Å². The summed E-state index contributed by atoms with van der Waals surface area (Å²) >= 11 is 0. The molecule has 1 saturated heterocycles. The summed E-state index contributed by atoms with van der Waals surface area (Å²) in [5.41, 5.74) is 0.803. The van der Waals surface area contributed by atoms with E-state index in [0.29, 0.717) is 31.0 Å². The number of benzene rings is 1. The summed E-state index contributed by atoms with van der Waals surface area (Å²) in [5.74, 6) is 1.43. The molecule has 0 radical (unpaired) electrons. The highest BCUT2D eigenvalue weighted by molar-refractivity contribution is 5.89. The van der Waals surface area contributed by atoms with Crippen LogP contribution in [0.5, 0.6) is 0 Å². The van der Waals surface area contributed by atoms with E-state index < -0.39 is 0 Å². The number of rotatable bonds is 3. The number of carbonyl (C=O) groups excluding carboxylic acids is 2. The van der Waals surface area contributed by atoms with Gasteiger partial charge in [-0.25, -0.2) is 4.79 Å². The number of para-hydroxylation sites is 1. The number of piperidine rings is 1. The number of hydrogen-bond donors (Lipinski definition) is 2. The van der Waals surface area contributed by atoms with Gasteiger partial charge in [-0.3, -0.25) is 4.79 Å². The SMILES string of the molecule is C[C@@H]1[C@H](C)CCC[C@H]1NC(=O)C1CCN(C(=O)Nc2ccccc2)CC1. The molecule has 0 unspecified atom stereocenters. The lowest BCUT2D eigenvalue weighted by atomic mass is 9.78. The van der Waals surface area contributed by atoms with Crippen molar-refractivity contribution in [1.29, 1.82) is 0 Å². The number of likely N-dealkylation sites (tertiary alicyclic amines) is 1. The van der Waals surface area contributed by atoms with Crippen molar-refractivity contribution in [2.45, 2.75) is 52.0 Å². The third-order valence-corrected chi connectivity index (χ3v) is 6.21. The molecule has 2 fully saturated rings. The molecule has 0 bridgehead atoms. The molecule has 0 spiro atoms. The molecule has 5 nitrogen and oxygen atoms in total. The van der Waals surface area contributed by atoms with Gasteiger partial charge >= 0.3 is 6.03 Å². The van der Waals surface area contributed by atoms with E-state index in [0.717, 1.165) is 24.9 Å². The molecular weight excluding hydrogens is 326 g/mol. The lowest BCUT2D eigenvalue weighted by molar-refractivity contribution is -0.127. The van der Waals surface area contributed by atoms with E-state index in [2.05, 4.69) is 24.5 Å². The lowest BCUT2D eigenvalue weighted by Gasteiger charge is -2.37. The summed E-state index contributed by atoms with van der Waals surface area (Å²) in [5, 5.41) is 6.21. The molecule has 1 heterocycles. The summed E-state index contributed by atoms with van der Waals surface area (Å²) < 4.78 is 0. The maximum absolute atomic E-state index is 12.7. The normalized spacial score (nSPS) is 27.0. The Labute approximate surface area is 156 Å². The van der Waals surface area contributed by atoms with Gasteiger partial charge in [-0.1, -0.05) is 44.9 Å². The first kappa shape index (κ1) is 18.7. The van der Waals surface area contributed by atoms with E-state index >= 15 is 0 Å². The van der Waals surface area contributed by atoms with Crippen LogP contribution in [0, 0.1) is 17.8 Å². The predicted molar refractivity (Wildman–Crippen MR) is 104 cm³/mol. The first-order valence-electron chi connectivity index (χ1n) is 9.96. The molecule has 1 aromatic rings. The van der Waals surface area contributed by atoms with Crippen molar-refractivity contribution in [1.82, 2.24) is 10.2 Å². The number of urea groups is 1. The minimum atomic E-state index is -0.0789. The van der Waals surface area contributed by atoms with Crippen LogP contribution >= 0.6 is 0 Å². The van der Waals surface area contributed by atoms with Gasteiger partial charge in [-0.2, -0.15) is 0 Å². The molecule has 0 aromatic heterocycles. The second-order valence-electron chi connectivity index (χ2n) is 7.94. The zero-order valence-electron chi connectivity index (χ0n) is 15.9. The van der Waals surface area contributed by atoms with Gasteiger partial charge in [0.2, 0.25) is 5.91 Å². The Bertz CT molecular complexity index is 611. The van der Waals surface area contributed by atoms with Crippen LogP contribution in [0.25, 0.3) is 0 Å². The van der Waals surface area contributed by atoms with E-state index in [1.807, 2.05) is 35.2 Å². The topological polar surface area (TPSA) is 61.4 Å². The molecule has 26 heavy (non-hydrogen) atoms. The molecule has 3 amide bonds. The summed E-state index contributed by atoms with van der Waals surface area (Å²) in [4.78, 5) is 26.8. The first-order valence-corrected chi connectivity index (χ1v) is 9.96. The van der Waals surface area contributed by atoms with Gasteiger partial charge in [0.15, 0.2) is 0 Å². The molecule has 142 valence electrons. The first-order chi connectivity index (χ1) is 12.5. The van der Waals surface area contributed by atoms with Gasteiger partial charge in [0.1, 0.15) is 0 Å². The summed E-state index contributed by atoms with van der Waals surface area (Å²) in [7, 11) is 0. The average molecular weight is 357 g/mol. The van der Waals surface area contributed by atoms with Crippen molar-refractivity contribution in [3.05, 3.63) is 30.3 Å². The fourth-order valence-electron chi connectivity index (χ4n) is 4.16. The highest BCUT2D eigenvalue weighted by Crippen LogP contribution is 2.30. The second kappa shape index (κ2) is 8.56. The molecule has 2 aliphatic rings. The van der Waals surface area contributed by atoms with Crippen molar-refractivity contribution in [2.24, 2.45) is 17.8 Å². The van der Waals surface area contributed by atoms with Crippen LogP contribution in [-0.4, -0.2) is 36.0 Å². The Morgan fingerprint density at radius 3 is 2.38 bits per heavy atom. The van der Waals surface area contributed by atoms with Crippen LogP contribution in [0.4, 0.5) is 10.5 Å². The van der Waals surface area contributed by atoms with Crippen molar-refractivity contribution in [2.75, 3.05) is 18.4 Å². The van der Waals surface area contributed by atoms with Gasteiger partial charge in [0, 0.05) is 30.7 Å². The largest absolute Gasteiger partial charge is 0.353 e. The van der Waals surface area contributed by atoms with E-state index in [-0.39, 0.29) is 17.9 Å². The minimum absolute atomic E-state index is 0.0280. The maximum atomic E-state index is 12.7. The fourth-order valence-corrected chi connectivity index (χ4v) is 4.16. The fraction of sp³-hybridized carbons (Fsp3) is 0.619. The van der Waals surface area contributed by atoms with Crippen LogP contribution in [0.2, 0.25) is 0 Å². The van der Waals surface area contributed by atoms with Gasteiger partial charge in [-0.15, -0.1) is 0 Å². The Hall–Kier alpha value is -2.04. The third-order valence-electron chi connectivity index (χ3n) is 6.21. The Balaban J connectivity index is 1.45. The summed E-state index contributed by atoms with van der Waals surface area (Å²) in [6.45, 7) is 5.80. The zero-order valence-corrected chi connectivity index (χ0v) is 15.9. The number of carbonyl (C=O) groups is 2. The molecule has 2 N–H and O–H groups in total. The Morgan fingerprint density at radius 1 is 1.00 bits per heavy atom. The van der Waals surface area contributed by atoms with Crippen LogP contribution in [0.15, 0.2) is 30.3 Å². The van der Waals surface area contributed by atoms with E-state index in [4.69, 9.17) is 0 Å². The van der Waals surface area contributed by atoms with Crippen LogP contribution in [0.1, 0.15) is 46.0 Å². The molecule has 3 rings (SSSR count). The number of amides is 3. The highest BCUT2D eigenvalue weighted by atomic mass is 16.2. The lowest BCUT2D eigenvalue weighted by Crippen LogP contribution is -2.49. The number of nitrogens with one attached hydrogen (secondary N) is 2. The quantitative estimate of drug-likeness (QED) is 0.862. The van der Waals surface area contributed by atoms with Crippen molar-refractivity contribution in [3.63, 3.8) is 0 Å². The molecule has 1 aliphatic carbocycles. The van der Waals surface area contributed by atoms with Gasteiger partial charge < -0.3 is 15.5 Å². The predicted octanol–water partition coefficient (Wildman–Crippen LogP) is 3.87. The monoisotopic (exact) mass is 357 g/mol. The highest BCUT2D eigenvalue weighted by Gasteiger charge is 2.32. The van der Waals surface area contributed by atoms with Crippen molar-refractivity contribution >= 4 is 17.6 Å². The van der Waals surface area contributed by atoms with E-state index in [1.165, 1.54) is 12.8 Å². The standard InChI is InChI=1S/C21H31N3O2/c1-15-7-6-10-19(16(15)2)23-20(25)17-11-13-24(14-12-17)21(26)22-18-8-4-3-5-9-18/h3-5,8-9,15-17,19H,6-7,10-14H2,1-2H3,(H,22,26)(H,23,25)/t15-,16-,19-/m1/s1. The van der Waals surface area contributed by atoms with Crippen molar-refractivity contribution in [3.8, 4) is 0 Å². The molecule has 1 aromatic carbocycles. The average Bonchev–Trinajstić information content (AvgIpc) is 2.66. The Kier molecular flexibility index (Phi) is 6.17. The number of nitrogens with zero attached hydrogens (tertiary/aromatic N) is 1. The maximum Gasteiger partial charge on any atom is 0.321 e.